The molecular formula is C26H24N6O2. The summed E-state index contributed by atoms with van der Waals surface area (Å²) in [5, 5.41) is 14.8. The number of nitrogens with zero attached hydrogens (tertiary/aromatic N) is 5. The van der Waals surface area contributed by atoms with Crippen molar-refractivity contribution < 1.29 is 9.53 Å². The quantitative estimate of drug-likeness (QED) is 0.429. The molecule has 8 nitrogen and oxygen atoms in total. The topological polar surface area (TPSA) is 83.6 Å². The van der Waals surface area contributed by atoms with Gasteiger partial charge in [0.25, 0.3) is 5.91 Å². The fourth-order valence-electron chi connectivity index (χ4n) is 4.08. The van der Waals surface area contributed by atoms with Crippen LogP contribution in [0.2, 0.25) is 0 Å². The minimum absolute atomic E-state index is 0.0466. The van der Waals surface area contributed by atoms with Crippen LogP contribution in [0.25, 0.3) is 5.69 Å². The van der Waals surface area contributed by atoms with Crippen LogP contribution in [0, 0.1) is 0 Å². The molecule has 170 valence electrons. The molecule has 1 aromatic heterocycles. The first kappa shape index (κ1) is 21.4. The molecule has 2 aromatic carbocycles. The predicted octanol–water partition coefficient (Wildman–Crippen LogP) is 4.30. The van der Waals surface area contributed by atoms with Gasteiger partial charge in [0.15, 0.2) is 0 Å². The van der Waals surface area contributed by atoms with Crippen LogP contribution in [0.15, 0.2) is 107 Å². The number of allylic oxidation sites excluding steroid dienone is 2. The first-order valence-corrected chi connectivity index (χ1v) is 11.0. The predicted molar refractivity (Wildman–Crippen MR) is 130 cm³/mol. The Labute approximate surface area is 197 Å². The average molecular weight is 453 g/mol. The molecule has 1 amide bonds. The molecule has 0 saturated carbocycles. The summed E-state index contributed by atoms with van der Waals surface area (Å²) in [5.74, 6) is 0.478. The molecule has 2 heterocycles. The number of aromatic nitrogens is 1. The lowest BCUT2D eigenvalue weighted by molar-refractivity contribution is 0.0955. The van der Waals surface area contributed by atoms with Gasteiger partial charge in [0, 0.05) is 18.0 Å². The van der Waals surface area contributed by atoms with Crippen LogP contribution in [-0.2, 0) is 6.54 Å². The molecule has 0 spiro atoms. The number of benzene rings is 2. The van der Waals surface area contributed by atoms with Gasteiger partial charge >= 0.3 is 0 Å². The summed E-state index contributed by atoms with van der Waals surface area (Å²) >= 11 is 0. The van der Waals surface area contributed by atoms with Gasteiger partial charge in [0.2, 0.25) is 0 Å². The molecule has 8 heteroatoms. The number of methoxy groups -OCH3 is 1. The Balaban J connectivity index is 1.29. The van der Waals surface area contributed by atoms with E-state index < -0.39 is 0 Å². The molecule has 2 atom stereocenters. The first-order chi connectivity index (χ1) is 16.7. The summed E-state index contributed by atoms with van der Waals surface area (Å²) in [6.45, 7) is 0.546. The zero-order valence-corrected chi connectivity index (χ0v) is 18.7. The van der Waals surface area contributed by atoms with Crippen molar-refractivity contribution in [3.8, 4) is 11.4 Å². The van der Waals surface area contributed by atoms with Crippen molar-refractivity contribution in [1.82, 2.24) is 15.0 Å². The number of nitrogens with one attached hydrogen (secondary N) is 1. The van der Waals surface area contributed by atoms with E-state index in [-0.39, 0.29) is 18.0 Å². The molecule has 0 saturated heterocycles. The number of para-hydroxylation sites is 1. The van der Waals surface area contributed by atoms with Crippen LogP contribution in [0.5, 0.6) is 5.75 Å². The number of hydrazone groups is 1. The largest absolute Gasteiger partial charge is 0.496 e. The SMILES string of the molecule is COc1ccc(C=NNC(=O)c2ccccc2-n2cccc2)cc1CN1N=NC2C=CC=CC21. The van der Waals surface area contributed by atoms with Gasteiger partial charge in [-0.25, -0.2) is 5.43 Å². The molecule has 3 aromatic rings. The average Bonchev–Trinajstić information content (AvgIpc) is 3.55. The van der Waals surface area contributed by atoms with Crippen molar-refractivity contribution in [2.24, 2.45) is 15.4 Å². The standard InChI is InChI=1S/C26H24N6O2/c1-34-25-13-12-19(16-20(25)18-32-24-11-5-3-9-22(24)28-30-32)17-27-29-26(33)21-8-2-4-10-23(21)31-14-6-7-15-31/h2-17,22,24H,18H2,1H3,(H,29,33). The molecule has 5 rings (SSSR count). The summed E-state index contributed by atoms with van der Waals surface area (Å²) in [4.78, 5) is 12.8. The van der Waals surface area contributed by atoms with Gasteiger partial charge in [-0.15, -0.1) is 0 Å². The molecule has 1 N–H and O–H groups in total. The lowest BCUT2D eigenvalue weighted by atomic mass is 10.0. The minimum atomic E-state index is -0.282. The van der Waals surface area contributed by atoms with E-state index in [4.69, 9.17) is 4.74 Å². The number of carbonyl (C=O) groups excluding carboxylic acids is 1. The second-order valence-electron chi connectivity index (χ2n) is 7.93. The molecule has 0 bridgehead atoms. The number of fused-ring (bicyclic) bond motifs is 1. The molecule has 0 fully saturated rings. The highest BCUT2D eigenvalue weighted by Crippen LogP contribution is 2.28. The Bertz CT molecular complexity index is 1290. The normalized spacial score (nSPS) is 18.4. The van der Waals surface area contributed by atoms with Crippen molar-refractivity contribution in [3.05, 3.63) is 108 Å². The third-order valence-electron chi connectivity index (χ3n) is 5.77. The Hall–Kier alpha value is -4.46. The highest BCUT2D eigenvalue weighted by Gasteiger charge is 2.30. The monoisotopic (exact) mass is 452 g/mol. The summed E-state index contributed by atoms with van der Waals surface area (Å²) in [6, 6.07) is 17.1. The van der Waals surface area contributed by atoms with Crippen LogP contribution in [0.1, 0.15) is 21.5 Å². The highest BCUT2D eigenvalue weighted by molar-refractivity contribution is 5.98. The number of hydrogen-bond acceptors (Lipinski definition) is 6. The van der Waals surface area contributed by atoms with Gasteiger partial charge in [0.1, 0.15) is 11.8 Å². The lowest BCUT2D eigenvalue weighted by Crippen LogP contribution is -2.32. The van der Waals surface area contributed by atoms with Crippen molar-refractivity contribution in [2.75, 3.05) is 7.11 Å². The van der Waals surface area contributed by atoms with Gasteiger partial charge in [-0.3, -0.25) is 9.80 Å². The van der Waals surface area contributed by atoms with Gasteiger partial charge in [0.05, 0.1) is 37.2 Å². The second-order valence-corrected chi connectivity index (χ2v) is 7.93. The maximum atomic E-state index is 12.8. The van der Waals surface area contributed by atoms with E-state index >= 15 is 0 Å². The summed E-state index contributed by atoms with van der Waals surface area (Å²) in [7, 11) is 1.65. The molecule has 2 aliphatic rings. The van der Waals surface area contributed by atoms with E-state index in [9.17, 15) is 4.79 Å². The van der Waals surface area contributed by atoms with Crippen molar-refractivity contribution in [2.45, 2.75) is 18.6 Å². The molecule has 1 aliphatic carbocycles. The van der Waals surface area contributed by atoms with Crippen LogP contribution < -0.4 is 10.2 Å². The Morgan fingerprint density at radius 2 is 1.94 bits per heavy atom. The number of carbonyl (C=O) groups is 1. The fourth-order valence-corrected chi connectivity index (χ4v) is 4.08. The minimum Gasteiger partial charge on any atom is -0.496 e. The first-order valence-electron chi connectivity index (χ1n) is 11.0. The zero-order chi connectivity index (χ0) is 23.3. The van der Waals surface area contributed by atoms with Crippen LogP contribution in [0.3, 0.4) is 0 Å². The number of rotatable bonds is 7. The second kappa shape index (κ2) is 9.58. The van der Waals surface area contributed by atoms with Crippen LogP contribution in [0.4, 0.5) is 0 Å². The maximum absolute atomic E-state index is 12.8. The Morgan fingerprint density at radius 3 is 2.79 bits per heavy atom. The summed E-state index contributed by atoms with van der Waals surface area (Å²) < 4.78 is 7.44. The third-order valence-corrected chi connectivity index (χ3v) is 5.77. The Kier molecular flexibility index (Phi) is 6.03. The van der Waals surface area contributed by atoms with Gasteiger partial charge in [-0.05, 0) is 48.0 Å². The van der Waals surface area contributed by atoms with E-state index in [1.807, 2.05) is 88.7 Å². The number of hydrogen-bond donors (Lipinski definition) is 1. The van der Waals surface area contributed by atoms with E-state index in [1.54, 1.807) is 19.4 Å². The number of ether oxygens (including phenoxy) is 1. The van der Waals surface area contributed by atoms with Gasteiger partial charge in [-0.2, -0.15) is 10.2 Å². The summed E-state index contributed by atoms with van der Waals surface area (Å²) in [6.07, 6.45) is 13.6. The Morgan fingerprint density at radius 1 is 1.12 bits per heavy atom. The van der Waals surface area contributed by atoms with E-state index in [0.29, 0.717) is 12.1 Å². The van der Waals surface area contributed by atoms with Crippen molar-refractivity contribution in [3.63, 3.8) is 0 Å². The van der Waals surface area contributed by atoms with Crippen molar-refractivity contribution >= 4 is 12.1 Å². The van der Waals surface area contributed by atoms with E-state index in [2.05, 4.69) is 26.9 Å². The molecule has 34 heavy (non-hydrogen) atoms. The van der Waals surface area contributed by atoms with Gasteiger partial charge < -0.3 is 9.30 Å². The zero-order valence-electron chi connectivity index (χ0n) is 18.7. The highest BCUT2D eigenvalue weighted by atomic mass is 16.5. The lowest BCUT2D eigenvalue weighted by Gasteiger charge is -2.24. The smallest absolute Gasteiger partial charge is 0.273 e. The van der Waals surface area contributed by atoms with E-state index in [1.165, 1.54) is 0 Å². The molecule has 0 radical (unpaired) electrons. The fraction of sp³-hybridized carbons (Fsp3) is 0.154. The number of amides is 1. The van der Waals surface area contributed by atoms with Crippen LogP contribution in [-0.4, -0.2) is 40.9 Å². The summed E-state index contributed by atoms with van der Waals surface area (Å²) in [5.41, 5.74) is 5.75. The van der Waals surface area contributed by atoms with E-state index in [0.717, 1.165) is 22.6 Å². The van der Waals surface area contributed by atoms with Crippen molar-refractivity contribution in [1.29, 1.82) is 0 Å². The molecule has 1 aliphatic heterocycles. The third kappa shape index (κ3) is 4.38. The molecule has 2 unspecified atom stereocenters. The van der Waals surface area contributed by atoms with Crippen LogP contribution >= 0.6 is 0 Å². The molecular weight excluding hydrogens is 428 g/mol. The maximum Gasteiger partial charge on any atom is 0.273 e. The van der Waals surface area contributed by atoms with Gasteiger partial charge in [-0.1, -0.05) is 41.7 Å².